The van der Waals surface area contributed by atoms with E-state index in [0.29, 0.717) is 0 Å². The first-order valence-corrected chi connectivity index (χ1v) is 6.56. The van der Waals surface area contributed by atoms with E-state index in [0.717, 1.165) is 4.90 Å². The minimum atomic E-state index is -4.47. The number of rotatable bonds is 5. The summed E-state index contributed by atoms with van der Waals surface area (Å²) in [4.78, 5) is 13.1. The SMILES string of the molecule is CCOc1c(N)cccc1C(=O)N(CC(F)(F)F)C(C)C. The van der Waals surface area contributed by atoms with Gasteiger partial charge in [-0.2, -0.15) is 13.2 Å². The topological polar surface area (TPSA) is 55.6 Å². The van der Waals surface area contributed by atoms with Gasteiger partial charge in [0.2, 0.25) is 0 Å². The van der Waals surface area contributed by atoms with Crippen LogP contribution in [0.25, 0.3) is 0 Å². The number of hydrogen-bond donors (Lipinski definition) is 1. The molecule has 0 bridgehead atoms. The molecule has 0 saturated carbocycles. The fourth-order valence-electron chi connectivity index (χ4n) is 1.87. The Morgan fingerprint density at radius 1 is 1.38 bits per heavy atom. The quantitative estimate of drug-likeness (QED) is 0.851. The molecule has 0 atom stereocenters. The molecule has 1 aromatic carbocycles. The van der Waals surface area contributed by atoms with E-state index in [9.17, 15) is 18.0 Å². The van der Waals surface area contributed by atoms with Crippen LogP contribution in [0, 0.1) is 0 Å². The van der Waals surface area contributed by atoms with E-state index in [-0.39, 0.29) is 23.6 Å². The van der Waals surface area contributed by atoms with Gasteiger partial charge in [0.05, 0.1) is 17.9 Å². The van der Waals surface area contributed by atoms with Gasteiger partial charge in [-0.05, 0) is 32.9 Å². The molecule has 0 radical (unpaired) electrons. The third-order valence-electron chi connectivity index (χ3n) is 2.80. The van der Waals surface area contributed by atoms with Gasteiger partial charge in [0.25, 0.3) is 5.91 Å². The first-order chi connectivity index (χ1) is 9.67. The molecule has 0 unspecified atom stereocenters. The summed E-state index contributed by atoms with van der Waals surface area (Å²) in [6, 6.07) is 3.85. The second kappa shape index (κ2) is 6.69. The average Bonchev–Trinajstić information content (AvgIpc) is 2.36. The number of para-hydroxylation sites is 1. The van der Waals surface area contributed by atoms with E-state index >= 15 is 0 Å². The third-order valence-corrected chi connectivity index (χ3v) is 2.80. The van der Waals surface area contributed by atoms with Gasteiger partial charge in [-0.25, -0.2) is 0 Å². The van der Waals surface area contributed by atoms with Gasteiger partial charge in [0.15, 0.2) is 5.75 Å². The van der Waals surface area contributed by atoms with Crippen LogP contribution in [0.1, 0.15) is 31.1 Å². The second-order valence-corrected chi connectivity index (χ2v) is 4.80. The highest BCUT2D eigenvalue weighted by Crippen LogP contribution is 2.29. The van der Waals surface area contributed by atoms with Crippen molar-refractivity contribution in [3.8, 4) is 5.75 Å². The monoisotopic (exact) mass is 304 g/mol. The van der Waals surface area contributed by atoms with Crippen LogP contribution < -0.4 is 10.5 Å². The van der Waals surface area contributed by atoms with Crippen molar-refractivity contribution in [1.82, 2.24) is 4.90 Å². The fourth-order valence-corrected chi connectivity index (χ4v) is 1.87. The number of halogens is 3. The van der Waals surface area contributed by atoms with Crippen LogP contribution in [-0.2, 0) is 0 Å². The van der Waals surface area contributed by atoms with Crippen molar-refractivity contribution >= 4 is 11.6 Å². The number of hydrogen-bond acceptors (Lipinski definition) is 3. The molecule has 0 saturated heterocycles. The molecule has 2 N–H and O–H groups in total. The molecule has 0 fully saturated rings. The molecule has 118 valence electrons. The molecule has 1 aromatic rings. The first kappa shape index (κ1) is 17.1. The second-order valence-electron chi connectivity index (χ2n) is 4.80. The van der Waals surface area contributed by atoms with Crippen LogP contribution >= 0.6 is 0 Å². The zero-order valence-corrected chi connectivity index (χ0v) is 12.2. The van der Waals surface area contributed by atoms with E-state index in [2.05, 4.69) is 0 Å². The number of benzene rings is 1. The molecule has 0 spiro atoms. The van der Waals surface area contributed by atoms with Gasteiger partial charge in [0, 0.05) is 6.04 Å². The molecule has 4 nitrogen and oxygen atoms in total. The number of carbonyl (C=O) groups excluding carboxylic acids is 1. The molecule has 1 amide bonds. The van der Waals surface area contributed by atoms with E-state index in [4.69, 9.17) is 10.5 Å². The smallest absolute Gasteiger partial charge is 0.406 e. The normalized spacial score (nSPS) is 11.6. The predicted molar refractivity (Wildman–Crippen MR) is 74.3 cm³/mol. The molecule has 0 aliphatic heterocycles. The van der Waals surface area contributed by atoms with E-state index in [1.165, 1.54) is 32.0 Å². The summed E-state index contributed by atoms with van der Waals surface area (Å²) in [5.74, 6) is -0.629. The number of nitrogen functional groups attached to an aromatic ring is 1. The molecule has 21 heavy (non-hydrogen) atoms. The highest BCUT2D eigenvalue weighted by Gasteiger charge is 2.35. The van der Waals surface area contributed by atoms with Gasteiger partial charge in [-0.15, -0.1) is 0 Å². The van der Waals surface area contributed by atoms with Gasteiger partial charge in [-0.3, -0.25) is 4.79 Å². The number of ether oxygens (including phenoxy) is 1. The fraction of sp³-hybridized carbons (Fsp3) is 0.500. The Hall–Kier alpha value is -1.92. The Morgan fingerprint density at radius 2 is 2.00 bits per heavy atom. The Morgan fingerprint density at radius 3 is 2.48 bits per heavy atom. The van der Waals surface area contributed by atoms with Crippen LogP contribution in [0.15, 0.2) is 18.2 Å². The number of nitrogens with zero attached hydrogens (tertiary/aromatic N) is 1. The lowest BCUT2D eigenvalue weighted by molar-refractivity contribution is -0.143. The standard InChI is InChI=1S/C14H19F3N2O2/c1-4-21-12-10(6-5-7-11(12)18)13(20)19(9(2)3)8-14(15,16)17/h5-7,9H,4,8,18H2,1-3H3. The molecule has 0 heterocycles. The summed E-state index contributed by atoms with van der Waals surface area (Å²) in [6.07, 6.45) is -4.47. The summed E-state index contributed by atoms with van der Waals surface area (Å²) in [6.45, 7) is 3.70. The maximum Gasteiger partial charge on any atom is 0.406 e. The van der Waals surface area contributed by atoms with Gasteiger partial charge >= 0.3 is 6.18 Å². The molecule has 0 aliphatic rings. The van der Waals surface area contributed by atoms with Crippen molar-refractivity contribution < 1.29 is 22.7 Å². The van der Waals surface area contributed by atoms with Gasteiger partial charge in [0.1, 0.15) is 6.54 Å². The lowest BCUT2D eigenvalue weighted by atomic mass is 10.1. The number of anilines is 1. The lowest BCUT2D eigenvalue weighted by Gasteiger charge is -2.28. The van der Waals surface area contributed by atoms with Gasteiger partial charge < -0.3 is 15.4 Å². The Balaban J connectivity index is 3.18. The minimum absolute atomic E-state index is 0.0369. The molecule has 0 aromatic heterocycles. The molecule has 0 aliphatic carbocycles. The number of alkyl halides is 3. The van der Waals surface area contributed by atoms with E-state index < -0.39 is 24.7 Å². The largest absolute Gasteiger partial charge is 0.491 e. The van der Waals surface area contributed by atoms with E-state index in [1.807, 2.05) is 0 Å². The van der Waals surface area contributed by atoms with Crippen molar-refractivity contribution in [1.29, 1.82) is 0 Å². The Kier molecular flexibility index (Phi) is 5.46. The van der Waals surface area contributed by atoms with Crippen molar-refractivity contribution in [2.75, 3.05) is 18.9 Å². The lowest BCUT2D eigenvalue weighted by Crippen LogP contribution is -2.43. The molecule has 7 heteroatoms. The van der Waals surface area contributed by atoms with Crippen LogP contribution in [-0.4, -0.2) is 36.2 Å². The average molecular weight is 304 g/mol. The number of nitrogens with two attached hydrogens (primary N) is 1. The maximum atomic E-state index is 12.6. The van der Waals surface area contributed by atoms with Crippen molar-refractivity contribution in [2.45, 2.75) is 33.0 Å². The zero-order valence-electron chi connectivity index (χ0n) is 12.2. The number of carbonyl (C=O) groups is 1. The highest BCUT2D eigenvalue weighted by atomic mass is 19.4. The van der Waals surface area contributed by atoms with Crippen molar-refractivity contribution in [3.63, 3.8) is 0 Å². The minimum Gasteiger partial charge on any atom is -0.491 e. The summed E-state index contributed by atoms with van der Waals surface area (Å²) in [5.41, 5.74) is 5.99. The Labute approximate surface area is 121 Å². The van der Waals surface area contributed by atoms with E-state index in [1.54, 1.807) is 6.92 Å². The summed E-state index contributed by atoms with van der Waals surface area (Å²) < 4.78 is 43.2. The zero-order chi connectivity index (χ0) is 16.2. The molecular weight excluding hydrogens is 285 g/mol. The van der Waals surface area contributed by atoms with Crippen LogP contribution in [0.5, 0.6) is 5.75 Å². The van der Waals surface area contributed by atoms with Gasteiger partial charge in [-0.1, -0.05) is 6.07 Å². The molecular formula is C14H19F3N2O2. The maximum absolute atomic E-state index is 12.6. The predicted octanol–water partition coefficient (Wildman–Crippen LogP) is 3.08. The first-order valence-electron chi connectivity index (χ1n) is 6.56. The van der Waals surface area contributed by atoms with Crippen LogP contribution in [0.3, 0.4) is 0 Å². The summed E-state index contributed by atoms with van der Waals surface area (Å²) >= 11 is 0. The van der Waals surface area contributed by atoms with Crippen molar-refractivity contribution in [2.24, 2.45) is 0 Å². The summed E-state index contributed by atoms with van der Waals surface area (Å²) in [7, 11) is 0. The number of amides is 1. The highest BCUT2D eigenvalue weighted by molar-refractivity contribution is 5.98. The van der Waals surface area contributed by atoms with Crippen LogP contribution in [0.2, 0.25) is 0 Å². The molecule has 1 rings (SSSR count). The third kappa shape index (κ3) is 4.54. The Bertz CT molecular complexity index is 501. The van der Waals surface area contributed by atoms with Crippen molar-refractivity contribution in [3.05, 3.63) is 23.8 Å². The summed E-state index contributed by atoms with van der Waals surface area (Å²) in [5, 5.41) is 0. The van der Waals surface area contributed by atoms with Crippen LogP contribution in [0.4, 0.5) is 18.9 Å².